The Kier molecular flexibility index (Phi) is 5.35. The number of nitrogens with zero attached hydrogens (tertiary/aromatic N) is 2. The monoisotopic (exact) mass is 365 g/mol. The molecule has 4 heteroatoms. The summed E-state index contributed by atoms with van der Waals surface area (Å²) in [6.45, 7) is 8.69. The van der Waals surface area contributed by atoms with Gasteiger partial charge in [0.2, 0.25) is 0 Å². The lowest BCUT2D eigenvalue weighted by Crippen LogP contribution is -2.42. The highest BCUT2D eigenvalue weighted by molar-refractivity contribution is 5.99. The molecule has 0 aliphatic carbocycles. The highest BCUT2D eigenvalue weighted by atomic mass is 16.2. The predicted octanol–water partition coefficient (Wildman–Crippen LogP) is 4.36. The molecule has 0 atom stereocenters. The molecule has 0 unspecified atom stereocenters. The molecule has 1 amide bonds. The Labute approximate surface area is 162 Å². The lowest BCUT2D eigenvalue weighted by Gasteiger charge is -2.35. The van der Waals surface area contributed by atoms with Gasteiger partial charge in [0.05, 0.1) is 0 Å². The molecule has 2 aliphatic rings. The molecule has 0 saturated carbocycles. The van der Waals surface area contributed by atoms with Crippen LogP contribution in [0.2, 0.25) is 0 Å². The van der Waals surface area contributed by atoms with E-state index in [-0.39, 0.29) is 5.91 Å². The molecule has 27 heavy (non-hydrogen) atoms. The zero-order valence-electron chi connectivity index (χ0n) is 16.6. The topological polar surface area (TPSA) is 35.6 Å². The van der Waals surface area contributed by atoms with Crippen LogP contribution in [0.1, 0.15) is 49.9 Å². The number of likely N-dealkylation sites (tertiary alicyclic amines) is 2. The summed E-state index contributed by atoms with van der Waals surface area (Å²) in [5.74, 6) is 0.175. The van der Waals surface area contributed by atoms with Gasteiger partial charge in [0.15, 0.2) is 0 Å². The third-order valence-electron chi connectivity index (χ3n) is 6.11. The van der Waals surface area contributed by atoms with Crippen molar-refractivity contribution in [2.75, 3.05) is 31.5 Å². The van der Waals surface area contributed by atoms with E-state index in [0.29, 0.717) is 12.1 Å². The number of carbonyl (C=O) groups excluding carboxylic acids is 1. The average molecular weight is 366 g/mol. The van der Waals surface area contributed by atoms with Gasteiger partial charge < -0.3 is 15.1 Å². The van der Waals surface area contributed by atoms with Gasteiger partial charge >= 0.3 is 0 Å². The number of hydrogen-bond donors (Lipinski definition) is 1. The van der Waals surface area contributed by atoms with Crippen LogP contribution in [0.4, 0.5) is 5.69 Å². The molecule has 2 fully saturated rings. The Morgan fingerprint density at radius 3 is 2.33 bits per heavy atom. The maximum Gasteiger partial charge on any atom is 0.253 e. The Balaban J connectivity index is 1.43. The van der Waals surface area contributed by atoms with Gasteiger partial charge in [-0.3, -0.25) is 4.79 Å². The molecule has 4 rings (SSSR count). The largest absolute Gasteiger partial charge is 0.382 e. The van der Waals surface area contributed by atoms with Crippen LogP contribution in [0.5, 0.6) is 0 Å². The summed E-state index contributed by atoms with van der Waals surface area (Å²) in [4.78, 5) is 17.1. The molecule has 2 aliphatic heterocycles. The Morgan fingerprint density at radius 2 is 1.63 bits per heavy atom. The third kappa shape index (κ3) is 4.11. The van der Waals surface area contributed by atoms with Crippen molar-refractivity contribution < 1.29 is 4.79 Å². The zero-order valence-corrected chi connectivity index (χ0v) is 16.6. The van der Waals surface area contributed by atoms with Gasteiger partial charge in [0.25, 0.3) is 5.91 Å². The van der Waals surface area contributed by atoms with Crippen molar-refractivity contribution in [3.8, 4) is 0 Å². The van der Waals surface area contributed by atoms with Crippen LogP contribution in [0.25, 0.3) is 10.8 Å². The number of hydrogen-bond acceptors (Lipinski definition) is 3. The van der Waals surface area contributed by atoms with E-state index in [1.165, 1.54) is 37.0 Å². The second kappa shape index (κ2) is 7.89. The molecule has 0 aromatic heterocycles. The number of benzene rings is 2. The summed E-state index contributed by atoms with van der Waals surface area (Å²) < 4.78 is 0. The van der Waals surface area contributed by atoms with E-state index in [2.05, 4.69) is 48.3 Å². The zero-order chi connectivity index (χ0) is 18.8. The first-order valence-electron chi connectivity index (χ1n) is 10.4. The molecule has 2 aromatic carbocycles. The van der Waals surface area contributed by atoms with Gasteiger partial charge in [0, 0.05) is 49.5 Å². The fraction of sp³-hybridized carbons (Fsp3) is 0.522. The summed E-state index contributed by atoms with van der Waals surface area (Å²) in [5, 5.41) is 6.04. The lowest BCUT2D eigenvalue weighted by molar-refractivity contribution is 0.0793. The second-order valence-electron chi connectivity index (χ2n) is 8.32. The fourth-order valence-electron chi connectivity index (χ4n) is 4.37. The number of nitrogens with one attached hydrogen (secondary N) is 1. The quantitative estimate of drug-likeness (QED) is 0.874. The number of amides is 1. The van der Waals surface area contributed by atoms with Crippen LogP contribution < -0.4 is 5.32 Å². The fourth-order valence-corrected chi connectivity index (χ4v) is 4.37. The average Bonchev–Trinajstić information content (AvgIpc) is 3.22. The van der Waals surface area contributed by atoms with Gasteiger partial charge in [-0.15, -0.1) is 0 Å². The van der Waals surface area contributed by atoms with Gasteiger partial charge in [-0.25, -0.2) is 0 Å². The Bertz CT molecular complexity index is 802. The molecule has 1 N–H and O–H groups in total. The lowest BCUT2D eigenvalue weighted by atomic mass is 10.0. The van der Waals surface area contributed by atoms with Crippen molar-refractivity contribution in [1.29, 1.82) is 0 Å². The molecule has 2 heterocycles. The van der Waals surface area contributed by atoms with E-state index in [0.717, 1.165) is 36.9 Å². The number of anilines is 1. The molecular formula is C23H31N3O. The first-order valence-corrected chi connectivity index (χ1v) is 10.4. The molecule has 0 bridgehead atoms. The maximum atomic E-state index is 12.6. The summed E-state index contributed by atoms with van der Waals surface area (Å²) in [7, 11) is 0. The number of carbonyl (C=O) groups is 1. The van der Waals surface area contributed by atoms with Crippen molar-refractivity contribution in [3.63, 3.8) is 0 Å². The van der Waals surface area contributed by atoms with Gasteiger partial charge in [-0.1, -0.05) is 12.1 Å². The summed E-state index contributed by atoms with van der Waals surface area (Å²) in [6, 6.07) is 13.8. The van der Waals surface area contributed by atoms with Gasteiger partial charge in [-0.05, 0) is 74.6 Å². The Hall–Kier alpha value is -2.07. The van der Waals surface area contributed by atoms with Crippen LogP contribution in [0.15, 0.2) is 36.4 Å². The smallest absolute Gasteiger partial charge is 0.253 e. The SMILES string of the molecule is CC(C)N1CCC(Nc2ccc3cc(C(=O)N4CCCC4)ccc3c2)CC1. The third-order valence-corrected chi connectivity index (χ3v) is 6.11. The van der Waals surface area contributed by atoms with Gasteiger partial charge in [-0.2, -0.15) is 0 Å². The normalized spacial score (nSPS) is 19.1. The molecule has 144 valence electrons. The summed E-state index contributed by atoms with van der Waals surface area (Å²) >= 11 is 0. The minimum atomic E-state index is 0.175. The van der Waals surface area contributed by atoms with Crippen LogP contribution >= 0.6 is 0 Å². The highest BCUT2D eigenvalue weighted by Crippen LogP contribution is 2.24. The first kappa shape index (κ1) is 18.3. The van der Waals surface area contributed by atoms with E-state index in [4.69, 9.17) is 0 Å². The molecule has 2 aromatic rings. The van der Waals surface area contributed by atoms with Crippen molar-refractivity contribution in [3.05, 3.63) is 42.0 Å². The van der Waals surface area contributed by atoms with E-state index in [1.54, 1.807) is 0 Å². The molecule has 2 saturated heterocycles. The first-order chi connectivity index (χ1) is 13.1. The molecule has 0 radical (unpaired) electrons. The van der Waals surface area contributed by atoms with Crippen molar-refractivity contribution in [2.45, 2.75) is 51.6 Å². The van der Waals surface area contributed by atoms with Crippen LogP contribution in [0, 0.1) is 0 Å². The summed E-state index contributed by atoms with van der Waals surface area (Å²) in [5.41, 5.74) is 2.00. The highest BCUT2D eigenvalue weighted by Gasteiger charge is 2.21. The minimum absolute atomic E-state index is 0.175. The van der Waals surface area contributed by atoms with Crippen LogP contribution in [-0.4, -0.2) is 54.0 Å². The van der Waals surface area contributed by atoms with E-state index >= 15 is 0 Å². The van der Waals surface area contributed by atoms with Gasteiger partial charge in [0.1, 0.15) is 0 Å². The van der Waals surface area contributed by atoms with Crippen LogP contribution in [-0.2, 0) is 0 Å². The van der Waals surface area contributed by atoms with Crippen molar-refractivity contribution in [1.82, 2.24) is 9.80 Å². The molecule has 0 spiro atoms. The predicted molar refractivity (Wildman–Crippen MR) is 112 cm³/mol. The van der Waals surface area contributed by atoms with E-state index in [9.17, 15) is 4.79 Å². The van der Waals surface area contributed by atoms with E-state index in [1.807, 2.05) is 17.0 Å². The van der Waals surface area contributed by atoms with E-state index < -0.39 is 0 Å². The van der Waals surface area contributed by atoms with Crippen molar-refractivity contribution >= 4 is 22.4 Å². The standard InChI is InChI=1S/C23H31N3O/c1-17(2)25-13-9-21(10-14-25)24-22-8-7-18-15-20(6-5-19(18)16-22)23(27)26-11-3-4-12-26/h5-8,15-17,21,24H,3-4,9-14H2,1-2H3. The molecule has 4 nitrogen and oxygen atoms in total. The van der Waals surface area contributed by atoms with Crippen LogP contribution in [0.3, 0.4) is 0 Å². The molecular weight excluding hydrogens is 334 g/mol. The second-order valence-corrected chi connectivity index (χ2v) is 8.32. The number of piperidine rings is 1. The maximum absolute atomic E-state index is 12.6. The number of fused-ring (bicyclic) bond motifs is 1. The summed E-state index contributed by atoms with van der Waals surface area (Å²) in [6.07, 6.45) is 4.65. The minimum Gasteiger partial charge on any atom is -0.382 e. The number of rotatable bonds is 4. The van der Waals surface area contributed by atoms with Crippen molar-refractivity contribution in [2.24, 2.45) is 0 Å². The Morgan fingerprint density at radius 1 is 0.963 bits per heavy atom.